The molecule has 1 saturated carbocycles. The molecule has 0 heterocycles. The molecule has 5 heteroatoms. The maximum absolute atomic E-state index is 11.2. The molecule has 1 amide bonds. The molecule has 98 valence electrons. The van der Waals surface area contributed by atoms with E-state index in [1.54, 1.807) is 19.2 Å². The Morgan fingerprint density at radius 3 is 2.94 bits per heavy atom. The smallest absolute Gasteiger partial charge is 0.257 e. The Labute approximate surface area is 112 Å². The number of ether oxygens (including phenoxy) is 1. The summed E-state index contributed by atoms with van der Waals surface area (Å²) in [6, 6.07) is 6.06. The largest absolute Gasteiger partial charge is 0.483 e. The molecule has 2 rings (SSSR count). The van der Waals surface area contributed by atoms with Crippen molar-refractivity contribution in [3.8, 4) is 5.75 Å². The number of amides is 1. The van der Waals surface area contributed by atoms with Crippen LogP contribution in [0.25, 0.3) is 0 Å². The van der Waals surface area contributed by atoms with E-state index in [0.717, 1.165) is 5.56 Å². The van der Waals surface area contributed by atoms with Crippen LogP contribution >= 0.6 is 11.6 Å². The molecule has 0 bridgehead atoms. The minimum atomic E-state index is -0.147. The highest BCUT2D eigenvalue weighted by Gasteiger charge is 2.20. The minimum absolute atomic E-state index is 0.0224. The van der Waals surface area contributed by atoms with E-state index in [1.807, 2.05) is 6.07 Å². The number of rotatable bonds is 6. The number of hydrogen-bond donors (Lipinski definition) is 2. The topological polar surface area (TPSA) is 50.4 Å². The predicted octanol–water partition coefficient (Wildman–Crippen LogP) is 1.72. The summed E-state index contributed by atoms with van der Waals surface area (Å²) in [7, 11) is 1.59. The van der Waals surface area contributed by atoms with Crippen LogP contribution in [0.3, 0.4) is 0 Å². The predicted molar refractivity (Wildman–Crippen MR) is 70.9 cm³/mol. The molecule has 2 N–H and O–H groups in total. The highest BCUT2D eigenvalue weighted by atomic mass is 35.5. The average Bonchev–Trinajstić information content (AvgIpc) is 3.18. The van der Waals surface area contributed by atoms with Crippen molar-refractivity contribution < 1.29 is 9.53 Å². The van der Waals surface area contributed by atoms with E-state index < -0.39 is 0 Å². The van der Waals surface area contributed by atoms with Crippen molar-refractivity contribution >= 4 is 17.5 Å². The second-order valence-corrected chi connectivity index (χ2v) is 4.81. The first-order valence-corrected chi connectivity index (χ1v) is 6.42. The first kappa shape index (κ1) is 13.2. The van der Waals surface area contributed by atoms with Crippen LogP contribution < -0.4 is 15.4 Å². The lowest BCUT2D eigenvalue weighted by molar-refractivity contribution is -0.122. The van der Waals surface area contributed by atoms with Gasteiger partial charge in [-0.25, -0.2) is 0 Å². The zero-order valence-corrected chi connectivity index (χ0v) is 11.1. The van der Waals surface area contributed by atoms with Gasteiger partial charge in [0.25, 0.3) is 5.91 Å². The van der Waals surface area contributed by atoms with Gasteiger partial charge in [-0.05, 0) is 31.0 Å². The third-order valence-corrected chi connectivity index (χ3v) is 3.05. The fourth-order valence-electron chi connectivity index (χ4n) is 1.58. The summed E-state index contributed by atoms with van der Waals surface area (Å²) in [5.74, 6) is 0.558. The molecule has 1 fully saturated rings. The van der Waals surface area contributed by atoms with Crippen molar-refractivity contribution in [2.45, 2.75) is 25.4 Å². The molecule has 0 spiro atoms. The van der Waals surface area contributed by atoms with Gasteiger partial charge in [0.2, 0.25) is 0 Å². The molecular formula is C13H17ClN2O2. The fraction of sp³-hybridized carbons (Fsp3) is 0.462. The quantitative estimate of drug-likeness (QED) is 0.826. The average molecular weight is 269 g/mol. The first-order chi connectivity index (χ1) is 8.69. The van der Waals surface area contributed by atoms with Crippen LogP contribution in [-0.4, -0.2) is 25.6 Å². The minimum Gasteiger partial charge on any atom is -0.483 e. The Hall–Kier alpha value is -1.26. The van der Waals surface area contributed by atoms with Crippen LogP contribution in [-0.2, 0) is 11.3 Å². The zero-order chi connectivity index (χ0) is 13.0. The van der Waals surface area contributed by atoms with E-state index in [-0.39, 0.29) is 12.5 Å². The molecule has 0 unspecified atom stereocenters. The van der Waals surface area contributed by atoms with Crippen molar-refractivity contribution in [3.05, 3.63) is 28.8 Å². The van der Waals surface area contributed by atoms with Crippen molar-refractivity contribution in [3.63, 3.8) is 0 Å². The second kappa shape index (κ2) is 6.07. The number of likely N-dealkylation sites (N-methyl/N-ethyl adjacent to an activating group) is 1. The first-order valence-electron chi connectivity index (χ1n) is 6.04. The Morgan fingerprint density at radius 1 is 1.50 bits per heavy atom. The molecule has 1 aliphatic carbocycles. The summed E-state index contributed by atoms with van der Waals surface area (Å²) in [5.41, 5.74) is 0.985. The van der Waals surface area contributed by atoms with Gasteiger partial charge in [-0.3, -0.25) is 4.79 Å². The van der Waals surface area contributed by atoms with E-state index in [9.17, 15) is 4.79 Å². The van der Waals surface area contributed by atoms with Crippen LogP contribution in [0.2, 0.25) is 5.02 Å². The summed E-state index contributed by atoms with van der Waals surface area (Å²) in [6.45, 7) is 0.739. The molecule has 0 aromatic heterocycles. The maximum Gasteiger partial charge on any atom is 0.257 e. The van der Waals surface area contributed by atoms with Crippen molar-refractivity contribution in [1.82, 2.24) is 10.6 Å². The normalized spacial score (nSPS) is 14.3. The Balaban J connectivity index is 1.99. The highest BCUT2D eigenvalue weighted by Crippen LogP contribution is 2.25. The van der Waals surface area contributed by atoms with E-state index in [2.05, 4.69) is 10.6 Å². The Bertz CT molecular complexity index is 433. The summed E-state index contributed by atoms with van der Waals surface area (Å²) in [5, 5.41) is 6.60. The molecule has 0 aliphatic heterocycles. The maximum atomic E-state index is 11.2. The van der Waals surface area contributed by atoms with Gasteiger partial charge in [0.15, 0.2) is 6.61 Å². The number of nitrogens with one attached hydrogen (secondary N) is 2. The second-order valence-electron chi connectivity index (χ2n) is 4.37. The van der Waals surface area contributed by atoms with Crippen molar-refractivity contribution in [2.24, 2.45) is 0 Å². The molecule has 0 atom stereocenters. The van der Waals surface area contributed by atoms with Gasteiger partial charge in [0, 0.05) is 30.2 Å². The van der Waals surface area contributed by atoms with Crippen LogP contribution in [0, 0.1) is 0 Å². The van der Waals surface area contributed by atoms with Gasteiger partial charge in [-0.15, -0.1) is 0 Å². The summed E-state index contributed by atoms with van der Waals surface area (Å²) in [6.07, 6.45) is 2.46. The standard InChI is InChI=1S/C13H17ClN2O2/c1-15-13(17)8-18-12-5-2-10(14)6-9(12)7-16-11-3-4-11/h2,5-6,11,16H,3-4,7-8H2,1H3,(H,15,17). The Morgan fingerprint density at radius 2 is 2.28 bits per heavy atom. The molecule has 4 nitrogen and oxygen atoms in total. The highest BCUT2D eigenvalue weighted by molar-refractivity contribution is 6.30. The molecule has 1 aliphatic rings. The van der Waals surface area contributed by atoms with Crippen molar-refractivity contribution in [1.29, 1.82) is 0 Å². The van der Waals surface area contributed by atoms with E-state index in [0.29, 0.717) is 23.4 Å². The summed E-state index contributed by atoms with van der Waals surface area (Å²) < 4.78 is 5.49. The van der Waals surface area contributed by atoms with Gasteiger partial charge in [-0.2, -0.15) is 0 Å². The third kappa shape index (κ3) is 3.89. The third-order valence-electron chi connectivity index (χ3n) is 2.82. The van der Waals surface area contributed by atoms with Gasteiger partial charge >= 0.3 is 0 Å². The summed E-state index contributed by atoms with van der Waals surface area (Å²) in [4.78, 5) is 11.2. The van der Waals surface area contributed by atoms with Crippen LogP contribution in [0.5, 0.6) is 5.75 Å². The monoisotopic (exact) mass is 268 g/mol. The van der Waals surface area contributed by atoms with Crippen molar-refractivity contribution in [2.75, 3.05) is 13.7 Å². The molecule has 0 saturated heterocycles. The number of carbonyl (C=O) groups is 1. The molecule has 1 aromatic carbocycles. The lowest BCUT2D eigenvalue weighted by Crippen LogP contribution is -2.25. The van der Waals surface area contributed by atoms with Gasteiger partial charge in [0.05, 0.1) is 0 Å². The SMILES string of the molecule is CNC(=O)COc1ccc(Cl)cc1CNC1CC1. The van der Waals surface area contributed by atoms with Crippen LogP contribution in [0.4, 0.5) is 0 Å². The zero-order valence-electron chi connectivity index (χ0n) is 10.3. The number of halogens is 1. The summed E-state index contributed by atoms with van der Waals surface area (Å²) >= 11 is 5.98. The number of hydrogen-bond acceptors (Lipinski definition) is 3. The Kier molecular flexibility index (Phi) is 4.44. The van der Waals surface area contributed by atoms with E-state index in [4.69, 9.17) is 16.3 Å². The van der Waals surface area contributed by atoms with Gasteiger partial charge in [0.1, 0.15) is 5.75 Å². The molecule has 18 heavy (non-hydrogen) atoms. The molecule has 0 radical (unpaired) electrons. The van der Waals surface area contributed by atoms with Crippen LogP contribution in [0.1, 0.15) is 18.4 Å². The molecule has 1 aromatic rings. The van der Waals surface area contributed by atoms with Crippen LogP contribution in [0.15, 0.2) is 18.2 Å². The lowest BCUT2D eigenvalue weighted by atomic mass is 10.2. The molecular weight excluding hydrogens is 252 g/mol. The fourth-order valence-corrected chi connectivity index (χ4v) is 1.78. The van der Waals surface area contributed by atoms with Gasteiger partial charge < -0.3 is 15.4 Å². The van der Waals surface area contributed by atoms with E-state index >= 15 is 0 Å². The van der Waals surface area contributed by atoms with E-state index in [1.165, 1.54) is 12.8 Å². The number of carbonyl (C=O) groups excluding carboxylic acids is 1. The van der Waals surface area contributed by atoms with Gasteiger partial charge in [-0.1, -0.05) is 11.6 Å². The lowest BCUT2D eigenvalue weighted by Gasteiger charge is -2.12. The number of benzene rings is 1.